The molecule has 0 fully saturated rings. The van der Waals surface area contributed by atoms with Crippen LogP contribution in [-0.2, 0) is 0 Å². The summed E-state index contributed by atoms with van der Waals surface area (Å²) in [4.78, 5) is 3.62. The van der Waals surface area contributed by atoms with Gasteiger partial charge in [0.15, 0.2) is 0 Å². The number of anilines is 1. The lowest BCUT2D eigenvalue weighted by atomic mass is 10.1. The highest BCUT2D eigenvalue weighted by Gasteiger charge is 2.17. The molecule has 0 bridgehead atoms. The Morgan fingerprint density at radius 2 is 2.23 bits per heavy atom. The number of nitrogens with two attached hydrogens (primary N) is 1. The zero-order valence-corrected chi connectivity index (χ0v) is 6.88. The largest absolute Gasteiger partial charge is 0.397 e. The molecule has 0 saturated heterocycles. The molecule has 0 aromatic carbocycles. The molecule has 0 aliphatic heterocycles. The third-order valence-electron chi connectivity index (χ3n) is 1.73. The van der Waals surface area contributed by atoms with Crippen molar-refractivity contribution in [2.45, 2.75) is 13.3 Å². The van der Waals surface area contributed by atoms with Crippen molar-refractivity contribution in [2.24, 2.45) is 0 Å². The van der Waals surface area contributed by atoms with E-state index in [2.05, 4.69) is 4.98 Å². The Bertz CT molecular complexity index is 368. The van der Waals surface area contributed by atoms with Crippen LogP contribution in [-0.4, -0.2) is 4.98 Å². The zero-order valence-electron chi connectivity index (χ0n) is 6.88. The molecule has 0 aliphatic rings. The maximum atomic E-state index is 12.4. The number of pyridine rings is 1. The Morgan fingerprint density at radius 1 is 1.62 bits per heavy atom. The minimum atomic E-state index is -2.67. The number of rotatable bonds is 1. The summed E-state index contributed by atoms with van der Waals surface area (Å²) in [5.74, 6) is 0. The lowest BCUT2D eigenvalue weighted by Gasteiger charge is -2.08. The average molecular weight is 183 g/mol. The van der Waals surface area contributed by atoms with Crippen LogP contribution in [0.3, 0.4) is 0 Å². The lowest BCUT2D eigenvalue weighted by Crippen LogP contribution is -2.02. The lowest BCUT2D eigenvalue weighted by molar-refractivity contribution is 0.151. The highest BCUT2D eigenvalue weighted by molar-refractivity contribution is 5.53. The van der Waals surface area contributed by atoms with Crippen LogP contribution in [0.15, 0.2) is 6.20 Å². The summed E-state index contributed by atoms with van der Waals surface area (Å²) >= 11 is 0. The summed E-state index contributed by atoms with van der Waals surface area (Å²) < 4.78 is 24.8. The van der Waals surface area contributed by atoms with Crippen LogP contribution in [0.1, 0.15) is 23.2 Å². The highest BCUT2D eigenvalue weighted by Crippen LogP contribution is 2.28. The van der Waals surface area contributed by atoms with Crippen molar-refractivity contribution in [3.8, 4) is 6.07 Å². The molecule has 1 heterocycles. The number of nitrogens with zero attached hydrogens (tertiary/aromatic N) is 2. The molecule has 0 radical (unpaired) electrons. The van der Waals surface area contributed by atoms with Crippen LogP contribution >= 0.6 is 0 Å². The van der Waals surface area contributed by atoms with E-state index in [0.29, 0.717) is 0 Å². The van der Waals surface area contributed by atoms with Gasteiger partial charge in [-0.2, -0.15) is 5.26 Å². The Morgan fingerprint density at radius 3 is 2.69 bits per heavy atom. The van der Waals surface area contributed by atoms with Crippen LogP contribution in [0.5, 0.6) is 0 Å². The Kier molecular flexibility index (Phi) is 2.42. The Balaban J connectivity index is 3.41. The van der Waals surface area contributed by atoms with Gasteiger partial charge >= 0.3 is 0 Å². The fraction of sp³-hybridized carbons (Fsp3) is 0.250. The predicted molar refractivity (Wildman–Crippen MR) is 43.1 cm³/mol. The van der Waals surface area contributed by atoms with E-state index in [-0.39, 0.29) is 22.5 Å². The first-order valence-electron chi connectivity index (χ1n) is 3.51. The molecule has 68 valence electrons. The van der Waals surface area contributed by atoms with Crippen molar-refractivity contribution >= 4 is 5.69 Å². The summed E-state index contributed by atoms with van der Waals surface area (Å²) in [5, 5.41) is 8.52. The average Bonchev–Trinajstić information content (AvgIpc) is 2.04. The molecule has 0 spiro atoms. The van der Waals surface area contributed by atoms with Crippen LogP contribution in [0.25, 0.3) is 0 Å². The first-order chi connectivity index (χ1) is 6.07. The molecule has 13 heavy (non-hydrogen) atoms. The first-order valence-corrected chi connectivity index (χ1v) is 3.51. The third-order valence-corrected chi connectivity index (χ3v) is 1.73. The van der Waals surface area contributed by atoms with Crippen LogP contribution in [0, 0.1) is 18.3 Å². The van der Waals surface area contributed by atoms with Gasteiger partial charge in [-0.15, -0.1) is 0 Å². The van der Waals surface area contributed by atoms with E-state index in [1.54, 1.807) is 6.07 Å². The van der Waals surface area contributed by atoms with Crippen molar-refractivity contribution < 1.29 is 8.78 Å². The SMILES string of the molecule is Cc1c(C#N)ncc(N)c1C(F)F. The number of nitrogen functional groups attached to an aromatic ring is 1. The van der Waals surface area contributed by atoms with E-state index in [1.807, 2.05) is 0 Å². The van der Waals surface area contributed by atoms with Crippen LogP contribution < -0.4 is 5.73 Å². The number of aromatic nitrogens is 1. The van der Waals surface area contributed by atoms with Gasteiger partial charge in [-0.05, 0) is 12.5 Å². The summed E-state index contributed by atoms with van der Waals surface area (Å²) in [5.41, 5.74) is 5.06. The molecule has 1 aromatic rings. The fourth-order valence-electron chi connectivity index (χ4n) is 1.05. The van der Waals surface area contributed by atoms with Crippen molar-refractivity contribution in [2.75, 3.05) is 5.73 Å². The quantitative estimate of drug-likeness (QED) is 0.721. The van der Waals surface area contributed by atoms with Gasteiger partial charge in [0.05, 0.1) is 11.9 Å². The van der Waals surface area contributed by atoms with Gasteiger partial charge in [0.2, 0.25) is 0 Å². The number of nitriles is 1. The van der Waals surface area contributed by atoms with Crippen molar-refractivity contribution in [3.05, 3.63) is 23.0 Å². The molecular weight excluding hydrogens is 176 g/mol. The summed E-state index contributed by atoms with van der Waals surface area (Å²) in [6, 6.07) is 1.72. The highest BCUT2D eigenvalue weighted by atomic mass is 19.3. The second-order valence-corrected chi connectivity index (χ2v) is 2.51. The van der Waals surface area contributed by atoms with Gasteiger partial charge in [-0.3, -0.25) is 0 Å². The smallest absolute Gasteiger partial charge is 0.266 e. The van der Waals surface area contributed by atoms with Crippen LogP contribution in [0.2, 0.25) is 0 Å². The molecule has 0 unspecified atom stereocenters. The van der Waals surface area contributed by atoms with E-state index < -0.39 is 6.43 Å². The maximum absolute atomic E-state index is 12.4. The number of hydrogen-bond acceptors (Lipinski definition) is 3. The zero-order chi connectivity index (χ0) is 10.0. The number of hydrogen-bond donors (Lipinski definition) is 1. The molecule has 2 N–H and O–H groups in total. The minimum absolute atomic E-state index is 0.00972. The third kappa shape index (κ3) is 1.56. The van der Waals surface area contributed by atoms with Gasteiger partial charge < -0.3 is 5.73 Å². The number of halogens is 2. The molecule has 0 amide bonds. The molecule has 1 rings (SSSR count). The molecule has 0 saturated carbocycles. The molecular formula is C8H7F2N3. The molecule has 3 nitrogen and oxygen atoms in total. The molecule has 5 heteroatoms. The fourth-order valence-corrected chi connectivity index (χ4v) is 1.05. The van der Waals surface area contributed by atoms with E-state index in [4.69, 9.17) is 11.0 Å². The summed E-state index contributed by atoms with van der Waals surface area (Å²) in [7, 11) is 0. The van der Waals surface area contributed by atoms with E-state index in [9.17, 15) is 8.78 Å². The van der Waals surface area contributed by atoms with Crippen molar-refractivity contribution in [1.82, 2.24) is 4.98 Å². The van der Waals surface area contributed by atoms with Crippen molar-refractivity contribution in [1.29, 1.82) is 5.26 Å². The van der Waals surface area contributed by atoms with E-state index in [1.165, 1.54) is 6.92 Å². The Labute approximate surface area is 73.8 Å². The van der Waals surface area contributed by atoms with Gasteiger partial charge in [-0.1, -0.05) is 0 Å². The monoisotopic (exact) mass is 183 g/mol. The standard InChI is InChI=1S/C8H7F2N3/c1-4-6(2-11)13-3-5(12)7(4)8(9)10/h3,8H,12H2,1H3. The van der Waals surface area contributed by atoms with Gasteiger partial charge in [0, 0.05) is 5.56 Å². The Hall–Kier alpha value is -1.70. The minimum Gasteiger partial charge on any atom is -0.397 e. The molecule has 0 aliphatic carbocycles. The summed E-state index contributed by atoms with van der Waals surface area (Å²) in [6.45, 7) is 1.41. The van der Waals surface area contributed by atoms with E-state index in [0.717, 1.165) is 6.20 Å². The van der Waals surface area contributed by atoms with Gasteiger partial charge in [0.1, 0.15) is 11.8 Å². The van der Waals surface area contributed by atoms with E-state index >= 15 is 0 Å². The normalized spacial score (nSPS) is 10.1. The van der Waals surface area contributed by atoms with Gasteiger partial charge in [-0.25, -0.2) is 13.8 Å². The molecule has 1 aromatic heterocycles. The second kappa shape index (κ2) is 3.35. The van der Waals surface area contributed by atoms with Gasteiger partial charge in [0.25, 0.3) is 6.43 Å². The topological polar surface area (TPSA) is 62.7 Å². The summed E-state index contributed by atoms with van der Waals surface area (Å²) in [6.07, 6.45) is -1.59. The van der Waals surface area contributed by atoms with Crippen molar-refractivity contribution in [3.63, 3.8) is 0 Å². The molecule has 0 atom stereocenters. The first kappa shape index (κ1) is 9.39. The maximum Gasteiger partial charge on any atom is 0.266 e. The van der Waals surface area contributed by atoms with Crippen LogP contribution in [0.4, 0.5) is 14.5 Å². The second-order valence-electron chi connectivity index (χ2n) is 2.51. The predicted octanol–water partition coefficient (Wildman–Crippen LogP) is 1.78. The number of alkyl halides is 2.